The van der Waals surface area contributed by atoms with E-state index in [0.29, 0.717) is 11.7 Å². The first-order chi connectivity index (χ1) is 15.1. The topological polar surface area (TPSA) is 52.8 Å². The molecular weight excluding hydrogens is 436 g/mol. The lowest BCUT2D eigenvalue weighted by Gasteiger charge is -2.38. The summed E-state index contributed by atoms with van der Waals surface area (Å²) in [6, 6.07) is 10.2. The molecule has 5 nitrogen and oxygen atoms in total. The Balaban J connectivity index is 1.78. The molecule has 7 heteroatoms. The van der Waals surface area contributed by atoms with Crippen LogP contribution in [0, 0.1) is 0 Å². The first kappa shape index (κ1) is 22.6. The van der Waals surface area contributed by atoms with Gasteiger partial charge in [0, 0.05) is 28.9 Å². The molecule has 1 atom stereocenters. The molecule has 1 aromatic carbocycles. The molecule has 0 aliphatic rings. The molecule has 0 bridgehead atoms. The Morgan fingerprint density at radius 3 is 2.66 bits per heavy atom. The van der Waals surface area contributed by atoms with Crippen molar-refractivity contribution in [2.24, 2.45) is 0 Å². The number of halogens is 1. The molecule has 32 heavy (non-hydrogen) atoms. The summed E-state index contributed by atoms with van der Waals surface area (Å²) in [5, 5.41) is 2.43. The number of para-hydroxylation sites is 1. The minimum atomic E-state index is -1.96. The third kappa shape index (κ3) is 4.22. The smallest absolute Gasteiger partial charge is 0.192 e. The monoisotopic (exact) mass is 464 g/mol. The Labute approximate surface area is 195 Å². The van der Waals surface area contributed by atoms with E-state index in [0.717, 1.165) is 33.1 Å². The highest BCUT2D eigenvalue weighted by Crippen LogP contribution is 2.38. The molecule has 3 heterocycles. The van der Waals surface area contributed by atoms with Crippen LogP contribution in [-0.4, -0.2) is 33.9 Å². The molecule has 0 saturated carbocycles. The number of fused-ring (bicyclic) bond motifs is 2. The molecule has 0 radical (unpaired) electrons. The molecule has 0 spiro atoms. The average Bonchev–Trinajstić information content (AvgIpc) is 3.11. The Bertz CT molecular complexity index is 1290. The van der Waals surface area contributed by atoms with E-state index in [1.807, 2.05) is 30.5 Å². The van der Waals surface area contributed by atoms with Crippen LogP contribution < -0.4 is 0 Å². The molecule has 1 unspecified atom stereocenters. The number of hydrogen-bond donors (Lipinski definition) is 0. The van der Waals surface area contributed by atoms with Crippen LogP contribution in [0.15, 0.2) is 61.7 Å². The van der Waals surface area contributed by atoms with Gasteiger partial charge >= 0.3 is 0 Å². The lowest BCUT2D eigenvalue weighted by molar-refractivity contribution is 0.206. The van der Waals surface area contributed by atoms with Gasteiger partial charge in [-0.25, -0.2) is 9.97 Å². The Hall–Kier alpha value is -2.54. The zero-order valence-electron chi connectivity index (χ0n) is 19.3. The van der Waals surface area contributed by atoms with E-state index in [1.54, 1.807) is 0 Å². The number of benzene rings is 1. The standard InChI is InChI=1S/C25H29ClN4OSi/c1-7-19(31-32(5,6)25(2,3)4)14-30-15-20(22-23(26)28-16-29-24(22)30)18-12-17-10-8-9-11-21(17)27-13-18/h7-13,15-16,19H,1,14H2,2-6H3. The third-order valence-electron chi connectivity index (χ3n) is 6.40. The summed E-state index contributed by atoms with van der Waals surface area (Å²) >= 11 is 6.55. The molecular formula is C25H29ClN4OSi. The van der Waals surface area contributed by atoms with Crippen molar-refractivity contribution in [1.82, 2.24) is 19.5 Å². The normalized spacial score (nSPS) is 13.6. The van der Waals surface area contributed by atoms with Crippen LogP contribution in [-0.2, 0) is 11.0 Å². The summed E-state index contributed by atoms with van der Waals surface area (Å²) in [5.74, 6) is 0. The van der Waals surface area contributed by atoms with Crippen molar-refractivity contribution in [3.8, 4) is 11.1 Å². The van der Waals surface area contributed by atoms with Gasteiger partial charge in [0.15, 0.2) is 8.32 Å². The van der Waals surface area contributed by atoms with Crippen LogP contribution >= 0.6 is 11.6 Å². The van der Waals surface area contributed by atoms with Gasteiger partial charge in [0.25, 0.3) is 0 Å². The number of aromatic nitrogens is 4. The summed E-state index contributed by atoms with van der Waals surface area (Å²) in [5.41, 5.74) is 3.67. The lowest BCUT2D eigenvalue weighted by atomic mass is 10.1. The molecule has 166 valence electrons. The van der Waals surface area contributed by atoms with Gasteiger partial charge in [-0.15, -0.1) is 6.58 Å². The van der Waals surface area contributed by atoms with Gasteiger partial charge < -0.3 is 8.99 Å². The molecule has 0 aliphatic carbocycles. The fraction of sp³-hybridized carbons (Fsp3) is 0.320. The van der Waals surface area contributed by atoms with Gasteiger partial charge in [-0.1, -0.05) is 56.6 Å². The predicted octanol–water partition coefficient (Wildman–Crippen LogP) is 6.88. The molecule has 0 amide bonds. The molecule has 4 rings (SSSR count). The van der Waals surface area contributed by atoms with E-state index >= 15 is 0 Å². The van der Waals surface area contributed by atoms with Crippen LogP contribution in [0.2, 0.25) is 23.3 Å². The maximum absolute atomic E-state index is 6.62. The average molecular weight is 465 g/mol. The summed E-state index contributed by atoms with van der Waals surface area (Å²) in [4.78, 5) is 13.4. The third-order valence-corrected chi connectivity index (χ3v) is 11.2. The predicted molar refractivity (Wildman–Crippen MR) is 136 cm³/mol. The fourth-order valence-corrected chi connectivity index (χ4v) is 5.08. The van der Waals surface area contributed by atoms with E-state index in [2.05, 4.69) is 78.3 Å². The number of pyridine rings is 1. The molecule has 3 aromatic heterocycles. The zero-order chi connectivity index (χ0) is 23.1. The Morgan fingerprint density at radius 2 is 1.94 bits per heavy atom. The van der Waals surface area contributed by atoms with Crippen molar-refractivity contribution >= 4 is 41.9 Å². The van der Waals surface area contributed by atoms with Crippen LogP contribution in [0.1, 0.15) is 20.8 Å². The van der Waals surface area contributed by atoms with Crippen molar-refractivity contribution in [2.75, 3.05) is 0 Å². The van der Waals surface area contributed by atoms with E-state index in [4.69, 9.17) is 16.0 Å². The number of nitrogens with zero attached hydrogens (tertiary/aromatic N) is 4. The second-order valence-electron chi connectivity index (χ2n) is 9.63. The second-order valence-corrected chi connectivity index (χ2v) is 14.7. The molecule has 0 saturated heterocycles. The zero-order valence-corrected chi connectivity index (χ0v) is 21.0. The number of rotatable bonds is 6. The quantitative estimate of drug-likeness (QED) is 0.177. The Kier molecular flexibility index (Phi) is 5.96. The van der Waals surface area contributed by atoms with Crippen molar-refractivity contribution in [2.45, 2.75) is 51.6 Å². The van der Waals surface area contributed by atoms with Crippen LogP contribution in [0.5, 0.6) is 0 Å². The summed E-state index contributed by atoms with van der Waals surface area (Å²) in [7, 11) is -1.96. The van der Waals surface area contributed by atoms with Crippen molar-refractivity contribution in [3.05, 3.63) is 66.9 Å². The van der Waals surface area contributed by atoms with E-state index in [-0.39, 0.29) is 11.1 Å². The molecule has 0 N–H and O–H groups in total. The maximum Gasteiger partial charge on any atom is 0.192 e. The van der Waals surface area contributed by atoms with Gasteiger partial charge in [0.05, 0.1) is 23.6 Å². The van der Waals surface area contributed by atoms with Crippen molar-refractivity contribution < 1.29 is 4.43 Å². The summed E-state index contributed by atoms with van der Waals surface area (Å²) < 4.78 is 8.71. The largest absolute Gasteiger partial charge is 0.409 e. The lowest BCUT2D eigenvalue weighted by Crippen LogP contribution is -2.44. The summed E-state index contributed by atoms with van der Waals surface area (Å²) in [6.07, 6.45) is 7.20. The fourth-order valence-electron chi connectivity index (χ4n) is 3.57. The first-order valence-electron chi connectivity index (χ1n) is 10.8. The van der Waals surface area contributed by atoms with Gasteiger partial charge in [0.2, 0.25) is 0 Å². The second kappa shape index (κ2) is 8.43. The van der Waals surface area contributed by atoms with Gasteiger partial charge in [-0.05, 0) is 30.3 Å². The molecule has 0 aliphatic heterocycles. The highest BCUT2D eigenvalue weighted by atomic mass is 35.5. The SMILES string of the molecule is C=CC(Cn1cc(-c2cnc3ccccc3c2)c2c(Cl)ncnc21)O[Si](C)(C)C(C)(C)C. The highest BCUT2D eigenvalue weighted by Gasteiger charge is 2.38. The minimum absolute atomic E-state index is 0.112. The maximum atomic E-state index is 6.62. The van der Waals surface area contributed by atoms with Crippen molar-refractivity contribution in [3.63, 3.8) is 0 Å². The van der Waals surface area contributed by atoms with Gasteiger partial charge in [-0.2, -0.15) is 0 Å². The van der Waals surface area contributed by atoms with Gasteiger partial charge in [-0.3, -0.25) is 4.98 Å². The van der Waals surface area contributed by atoms with E-state index in [1.165, 1.54) is 6.33 Å². The molecule has 4 aromatic rings. The van der Waals surface area contributed by atoms with Crippen molar-refractivity contribution in [1.29, 1.82) is 0 Å². The van der Waals surface area contributed by atoms with E-state index in [9.17, 15) is 0 Å². The summed E-state index contributed by atoms with van der Waals surface area (Å²) in [6.45, 7) is 15.9. The molecule has 0 fully saturated rings. The highest BCUT2D eigenvalue weighted by molar-refractivity contribution is 6.74. The van der Waals surface area contributed by atoms with Crippen LogP contribution in [0.25, 0.3) is 33.1 Å². The van der Waals surface area contributed by atoms with Crippen LogP contribution in [0.4, 0.5) is 0 Å². The number of hydrogen-bond acceptors (Lipinski definition) is 4. The van der Waals surface area contributed by atoms with Gasteiger partial charge in [0.1, 0.15) is 17.1 Å². The Morgan fingerprint density at radius 1 is 1.19 bits per heavy atom. The van der Waals surface area contributed by atoms with Crippen LogP contribution in [0.3, 0.4) is 0 Å². The first-order valence-corrected chi connectivity index (χ1v) is 14.0. The minimum Gasteiger partial charge on any atom is -0.409 e. The van der Waals surface area contributed by atoms with E-state index < -0.39 is 8.32 Å².